The van der Waals surface area contributed by atoms with Crippen molar-refractivity contribution in [1.82, 2.24) is 0 Å². The summed E-state index contributed by atoms with van der Waals surface area (Å²) in [7, 11) is 0. The Kier molecular flexibility index (Phi) is 5.21. The molecular weight excluding hydrogens is 309 g/mol. The van der Waals surface area contributed by atoms with Gasteiger partial charge in [-0.2, -0.15) is 0 Å². The maximum atomic E-state index is 13.0. The molecule has 0 N–H and O–H groups in total. The number of nitro groups is 1. The standard InChI is InChI=1S/C11H11BrFNO4/c1-2-3-8(15)6-18-11-9(12)4-7(13)5-10(11)14(16)17/h4-5H,2-3,6H2,1H3. The van der Waals surface area contributed by atoms with Crippen LogP contribution in [0.1, 0.15) is 19.8 Å². The molecule has 0 aliphatic rings. The van der Waals surface area contributed by atoms with Crippen LogP contribution in [0.5, 0.6) is 5.75 Å². The highest BCUT2D eigenvalue weighted by Gasteiger charge is 2.21. The molecule has 0 atom stereocenters. The van der Waals surface area contributed by atoms with E-state index < -0.39 is 16.4 Å². The average Bonchev–Trinajstić information content (AvgIpc) is 2.27. The molecule has 0 amide bonds. The number of halogens is 2. The predicted molar refractivity (Wildman–Crippen MR) is 66.2 cm³/mol. The Hall–Kier alpha value is -1.50. The number of hydrogen-bond donors (Lipinski definition) is 0. The summed E-state index contributed by atoms with van der Waals surface area (Å²) in [5.41, 5.74) is -0.508. The number of ether oxygens (including phenoxy) is 1. The van der Waals surface area contributed by atoms with E-state index in [1.54, 1.807) is 0 Å². The Morgan fingerprint density at radius 3 is 2.78 bits per heavy atom. The Morgan fingerprint density at radius 1 is 1.56 bits per heavy atom. The molecule has 0 fully saturated rings. The first-order valence-electron chi connectivity index (χ1n) is 5.23. The molecule has 18 heavy (non-hydrogen) atoms. The highest BCUT2D eigenvalue weighted by Crippen LogP contribution is 2.35. The normalized spacial score (nSPS) is 10.2. The summed E-state index contributed by atoms with van der Waals surface area (Å²) in [5.74, 6) is -1.05. The Labute approximate surface area is 111 Å². The van der Waals surface area contributed by atoms with E-state index >= 15 is 0 Å². The van der Waals surface area contributed by atoms with Gasteiger partial charge in [-0.15, -0.1) is 0 Å². The quantitative estimate of drug-likeness (QED) is 0.596. The maximum absolute atomic E-state index is 13.0. The highest BCUT2D eigenvalue weighted by molar-refractivity contribution is 9.10. The van der Waals surface area contributed by atoms with E-state index in [9.17, 15) is 19.3 Å². The average molecular weight is 320 g/mol. The summed E-state index contributed by atoms with van der Waals surface area (Å²) in [4.78, 5) is 21.3. The van der Waals surface area contributed by atoms with Crippen molar-refractivity contribution in [3.63, 3.8) is 0 Å². The third kappa shape index (κ3) is 3.76. The lowest BCUT2D eigenvalue weighted by Crippen LogP contribution is -2.11. The summed E-state index contributed by atoms with van der Waals surface area (Å²) >= 11 is 2.97. The monoisotopic (exact) mass is 319 g/mol. The first-order valence-corrected chi connectivity index (χ1v) is 6.03. The third-order valence-electron chi connectivity index (χ3n) is 2.09. The van der Waals surface area contributed by atoms with E-state index in [0.29, 0.717) is 12.8 Å². The van der Waals surface area contributed by atoms with Gasteiger partial charge >= 0.3 is 5.69 Å². The van der Waals surface area contributed by atoms with Gasteiger partial charge in [-0.1, -0.05) is 6.92 Å². The lowest BCUT2D eigenvalue weighted by molar-refractivity contribution is -0.386. The second-order valence-electron chi connectivity index (χ2n) is 3.57. The molecule has 0 saturated carbocycles. The number of Topliss-reactive ketones (excluding diaryl/α,β-unsaturated/α-hetero) is 1. The van der Waals surface area contributed by atoms with Gasteiger partial charge in [0.05, 0.1) is 15.5 Å². The lowest BCUT2D eigenvalue weighted by Gasteiger charge is -2.08. The lowest BCUT2D eigenvalue weighted by atomic mass is 10.2. The van der Waals surface area contributed by atoms with Crippen LogP contribution in [0.25, 0.3) is 0 Å². The number of carbonyl (C=O) groups excluding carboxylic acids is 1. The zero-order valence-electron chi connectivity index (χ0n) is 9.61. The Morgan fingerprint density at radius 2 is 2.22 bits per heavy atom. The molecule has 0 spiro atoms. The molecule has 0 bridgehead atoms. The fourth-order valence-electron chi connectivity index (χ4n) is 1.33. The molecular formula is C11H11BrFNO4. The number of rotatable bonds is 6. The molecule has 0 aromatic heterocycles. The van der Waals surface area contributed by atoms with Crippen molar-refractivity contribution < 1.29 is 18.8 Å². The minimum absolute atomic E-state index is 0.110. The van der Waals surface area contributed by atoms with E-state index in [1.807, 2.05) is 6.92 Å². The van der Waals surface area contributed by atoms with E-state index in [0.717, 1.165) is 12.1 Å². The number of nitro benzene ring substituents is 1. The van der Waals surface area contributed by atoms with E-state index in [1.165, 1.54) is 0 Å². The zero-order valence-corrected chi connectivity index (χ0v) is 11.2. The van der Waals surface area contributed by atoms with E-state index in [-0.39, 0.29) is 22.6 Å². The van der Waals surface area contributed by atoms with Crippen LogP contribution >= 0.6 is 15.9 Å². The van der Waals surface area contributed by atoms with Crippen molar-refractivity contribution in [2.45, 2.75) is 19.8 Å². The summed E-state index contributed by atoms with van der Waals surface area (Å²) in [5, 5.41) is 10.7. The second-order valence-corrected chi connectivity index (χ2v) is 4.42. The molecule has 0 aliphatic heterocycles. The van der Waals surface area contributed by atoms with Gasteiger partial charge in [0.25, 0.3) is 0 Å². The molecule has 1 rings (SSSR count). The summed E-state index contributed by atoms with van der Waals surface area (Å²) in [6.45, 7) is 1.58. The van der Waals surface area contributed by atoms with Gasteiger partial charge in [0.1, 0.15) is 12.4 Å². The van der Waals surface area contributed by atoms with Crippen molar-refractivity contribution in [3.05, 3.63) is 32.5 Å². The van der Waals surface area contributed by atoms with Gasteiger partial charge < -0.3 is 4.74 Å². The van der Waals surface area contributed by atoms with Crippen LogP contribution in [0.4, 0.5) is 10.1 Å². The number of benzene rings is 1. The van der Waals surface area contributed by atoms with Gasteiger partial charge in [-0.3, -0.25) is 14.9 Å². The molecule has 0 radical (unpaired) electrons. The van der Waals surface area contributed by atoms with Crippen molar-refractivity contribution in [3.8, 4) is 5.75 Å². The van der Waals surface area contributed by atoms with Crippen LogP contribution in [0, 0.1) is 15.9 Å². The number of nitrogens with zero attached hydrogens (tertiary/aromatic N) is 1. The Bertz CT molecular complexity index is 478. The fraction of sp³-hybridized carbons (Fsp3) is 0.364. The molecule has 5 nitrogen and oxygen atoms in total. The molecule has 0 unspecified atom stereocenters. The largest absolute Gasteiger partial charge is 0.478 e. The van der Waals surface area contributed by atoms with Gasteiger partial charge in [0.2, 0.25) is 5.75 Å². The van der Waals surface area contributed by atoms with Gasteiger partial charge in [0.15, 0.2) is 5.78 Å². The van der Waals surface area contributed by atoms with Crippen molar-refractivity contribution >= 4 is 27.4 Å². The highest BCUT2D eigenvalue weighted by atomic mass is 79.9. The second kappa shape index (κ2) is 6.44. The van der Waals surface area contributed by atoms with Crippen LogP contribution in [0.15, 0.2) is 16.6 Å². The summed E-state index contributed by atoms with van der Waals surface area (Å²) in [6.07, 6.45) is 1.02. The molecule has 0 heterocycles. The maximum Gasteiger partial charge on any atom is 0.315 e. The number of ketones is 1. The minimum Gasteiger partial charge on any atom is -0.478 e. The first kappa shape index (κ1) is 14.6. The van der Waals surface area contributed by atoms with Crippen LogP contribution in [0.2, 0.25) is 0 Å². The number of carbonyl (C=O) groups is 1. The van der Waals surface area contributed by atoms with Crippen molar-refractivity contribution in [2.75, 3.05) is 6.61 Å². The van der Waals surface area contributed by atoms with Gasteiger partial charge in [-0.05, 0) is 28.4 Å². The third-order valence-corrected chi connectivity index (χ3v) is 2.68. The number of hydrogen-bond acceptors (Lipinski definition) is 4. The molecule has 7 heteroatoms. The van der Waals surface area contributed by atoms with Crippen LogP contribution < -0.4 is 4.74 Å². The van der Waals surface area contributed by atoms with E-state index in [2.05, 4.69) is 15.9 Å². The molecule has 1 aromatic carbocycles. The van der Waals surface area contributed by atoms with Crippen molar-refractivity contribution in [2.24, 2.45) is 0 Å². The van der Waals surface area contributed by atoms with Gasteiger partial charge in [0, 0.05) is 6.42 Å². The van der Waals surface area contributed by atoms with E-state index in [4.69, 9.17) is 4.74 Å². The minimum atomic E-state index is -0.756. The van der Waals surface area contributed by atoms with Crippen molar-refractivity contribution in [1.29, 1.82) is 0 Å². The van der Waals surface area contributed by atoms with Crippen LogP contribution in [0.3, 0.4) is 0 Å². The smallest absolute Gasteiger partial charge is 0.315 e. The summed E-state index contributed by atoms with van der Waals surface area (Å²) in [6, 6.07) is 1.80. The molecule has 1 aromatic rings. The summed E-state index contributed by atoms with van der Waals surface area (Å²) < 4.78 is 18.2. The fourth-order valence-corrected chi connectivity index (χ4v) is 1.87. The Balaban J connectivity index is 2.93. The first-order chi connectivity index (χ1) is 8.45. The van der Waals surface area contributed by atoms with Crippen LogP contribution in [-0.4, -0.2) is 17.3 Å². The molecule has 98 valence electrons. The van der Waals surface area contributed by atoms with Gasteiger partial charge in [-0.25, -0.2) is 4.39 Å². The zero-order chi connectivity index (χ0) is 13.7. The SMILES string of the molecule is CCCC(=O)COc1c(Br)cc(F)cc1[N+](=O)[O-]. The molecule has 0 saturated heterocycles. The van der Waals surface area contributed by atoms with Crippen LogP contribution in [-0.2, 0) is 4.79 Å². The topological polar surface area (TPSA) is 69.4 Å². The predicted octanol–water partition coefficient (Wildman–Crippen LogP) is 3.24. The molecule has 0 aliphatic carbocycles.